The fourth-order valence-corrected chi connectivity index (χ4v) is 4.55. The van der Waals surface area contributed by atoms with Crippen LogP contribution in [0.1, 0.15) is 29.7 Å². The number of carbonyl (C=O) groups excluding carboxylic acids is 1. The summed E-state index contributed by atoms with van der Waals surface area (Å²) in [6, 6.07) is 11.4. The molecule has 0 radical (unpaired) electrons. The van der Waals surface area contributed by atoms with Crippen molar-refractivity contribution >= 4 is 23.4 Å². The van der Waals surface area contributed by atoms with Crippen molar-refractivity contribution in [3.8, 4) is 5.75 Å². The Morgan fingerprint density at radius 1 is 1.22 bits per heavy atom. The normalized spacial score (nSPS) is 16.0. The molecule has 1 amide bonds. The van der Waals surface area contributed by atoms with Crippen LogP contribution in [0.15, 0.2) is 41.8 Å². The van der Waals surface area contributed by atoms with Gasteiger partial charge in [0.15, 0.2) is 0 Å². The van der Waals surface area contributed by atoms with E-state index in [-0.39, 0.29) is 19.1 Å². The lowest BCUT2D eigenvalue weighted by Crippen LogP contribution is -2.46. The number of thiophene rings is 1. The SMILES string of the molecule is COc1csc(C2(CC(=O)O)CCN(C(=O)OCc3ccccc3)CC2)c1. The van der Waals surface area contributed by atoms with Gasteiger partial charge >= 0.3 is 12.1 Å². The highest BCUT2D eigenvalue weighted by Gasteiger charge is 2.40. The Bertz CT molecular complexity index is 781. The van der Waals surface area contributed by atoms with E-state index >= 15 is 0 Å². The van der Waals surface area contributed by atoms with Crippen molar-refractivity contribution in [1.29, 1.82) is 0 Å². The lowest BCUT2D eigenvalue weighted by Gasteiger charge is -2.40. The first-order chi connectivity index (χ1) is 13.0. The van der Waals surface area contributed by atoms with Crippen LogP contribution in [0.25, 0.3) is 0 Å². The summed E-state index contributed by atoms with van der Waals surface area (Å²) in [6.07, 6.45) is 0.864. The molecule has 3 rings (SSSR count). The summed E-state index contributed by atoms with van der Waals surface area (Å²) < 4.78 is 10.6. The fourth-order valence-electron chi connectivity index (χ4n) is 3.43. The number of benzene rings is 1. The molecule has 1 aliphatic heterocycles. The van der Waals surface area contributed by atoms with Gasteiger partial charge in [0.1, 0.15) is 12.4 Å². The van der Waals surface area contributed by atoms with Crippen molar-refractivity contribution in [3.63, 3.8) is 0 Å². The Kier molecular flexibility index (Phi) is 6.01. The molecule has 0 unspecified atom stereocenters. The van der Waals surface area contributed by atoms with Crippen molar-refractivity contribution < 1.29 is 24.2 Å². The van der Waals surface area contributed by atoms with E-state index in [9.17, 15) is 14.7 Å². The van der Waals surface area contributed by atoms with Crippen molar-refractivity contribution in [1.82, 2.24) is 4.90 Å². The third-order valence-corrected chi connectivity index (χ3v) is 6.16. The Balaban J connectivity index is 1.63. The van der Waals surface area contributed by atoms with Crippen LogP contribution in [-0.4, -0.2) is 42.3 Å². The number of carboxylic acids is 1. The van der Waals surface area contributed by atoms with E-state index in [1.54, 1.807) is 12.0 Å². The molecule has 1 aromatic carbocycles. The van der Waals surface area contributed by atoms with Crippen LogP contribution in [0.4, 0.5) is 4.79 Å². The summed E-state index contributed by atoms with van der Waals surface area (Å²) in [5, 5.41) is 11.3. The summed E-state index contributed by atoms with van der Waals surface area (Å²) in [6.45, 7) is 1.18. The first-order valence-corrected chi connectivity index (χ1v) is 9.71. The standard InChI is InChI=1S/C20H23NO5S/c1-25-16-11-17(27-14-16)20(12-18(22)23)7-9-21(10-8-20)19(24)26-13-15-5-3-2-4-6-15/h2-6,11,14H,7-10,12-13H2,1H3,(H,22,23). The minimum Gasteiger partial charge on any atom is -0.496 e. The Morgan fingerprint density at radius 3 is 2.52 bits per heavy atom. The summed E-state index contributed by atoms with van der Waals surface area (Å²) in [5.74, 6) is -0.0908. The molecule has 0 bridgehead atoms. The number of likely N-dealkylation sites (tertiary alicyclic amines) is 1. The molecule has 1 aliphatic rings. The van der Waals surface area contributed by atoms with Crippen molar-refractivity contribution in [2.45, 2.75) is 31.3 Å². The predicted octanol–water partition coefficient (Wildman–Crippen LogP) is 3.90. The number of rotatable bonds is 6. The molecule has 0 spiro atoms. The molecule has 144 valence electrons. The number of carboxylic acid groups (broad SMARTS) is 1. The number of aliphatic carboxylic acids is 1. The van der Waals surface area contributed by atoms with Crippen LogP contribution in [-0.2, 0) is 21.6 Å². The number of hydrogen-bond acceptors (Lipinski definition) is 5. The summed E-state index contributed by atoms with van der Waals surface area (Å²) in [4.78, 5) is 26.5. The second kappa shape index (κ2) is 8.43. The predicted molar refractivity (Wildman–Crippen MR) is 102 cm³/mol. The van der Waals surface area contributed by atoms with Gasteiger partial charge in [-0.15, -0.1) is 11.3 Å². The second-order valence-corrected chi connectivity index (χ2v) is 7.64. The lowest BCUT2D eigenvalue weighted by atomic mass is 9.74. The number of amides is 1. The minimum atomic E-state index is -0.831. The maximum absolute atomic E-state index is 12.4. The van der Waals surface area contributed by atoms with Gasteiger partial charge in [-0.1, -0.05) is 30.3 Å². The number of piperidine rings is 1. The van der Waals surface area contributed by atoms with Crippen LogP contribution in [0.2, 0.25) is 0 Å². The summed E-state index contributed by atoms with van der Waals surface area (Å²) >= 11 is 1.52. The molecule has 0 saturated carbocycles. The van der Waals surface area contributed by atoms with Crippen LogP contribution in [0.5, 0.6) is 5.75 Å². The second-order valence-electron chi connectivity index (χ2n) is 6.73. The van der Waals surface area contributed by atoms with Crippen LogP contribution in [0.3, 0.4) is 0 Å². The van der Waals surface area contributed by atoms with Crippen LogP contribution >= 0.6 is 11.3 Å². The molecule has 2 heterocycles. The van der Waals surface area contributed by atoms with Crippen molar-refractivity contribution in [2.75, 3.05) is 20.2 Å². The van der Waals surface area contributed by atoms with Gasteiger partial charge in [0.2, 0.25) is 0 Å². The maximum Gasteiger partial charge on any atom is 0.410 e. The molecule has 6 nitrogen and oxygen atoms in total. The monoisotopic (exact) mass is 389 g/mol. The minimum absolute atomic E-state index is 0.0452. The molecular formula is C20H23NO5S. The third kappa shape index (κ3) is 4.60. The van der Waals surface area contributed by atoms with Gasteiger partial charge in [-0.3, -0.25) is 4.79 Å². The number of ether oxygens (including phenoxy) is 2. The van der Waals surface area contributed by atoms with E-state index in [1.165, 1.54) is 11.3 Å². The summed E-state index contributed by atoms with van der Waals surface area (Å²) in [7, 11) is 1.60. The Morgan fingerprint density at radius 2 is 1.93 bits per heavy atom. The highest BCUT2D eigenvalue weighted by atomic mass is 32.1. The lowest BCUT2D eigenvalue weighted by molar-refractivity contribution is -0.139. The molecule has 1 N–H and O–H groups in total. The largest absolute Gasteiger partial charge is 0.496 e. The Labute approximate surface area is 162 Å². The molecule has 1 fully saturated rings. The van der Waals surface area contributed by atoms with Crippen molar-refractivity contribution in [2.24, 2.45) is 0 Å². The molecule has 27 heavy (non-hydrogen) atoms. The van der Waals surface area contributed by atoms with E-state index < -0.39 is 11.4 Å². The maximum atomic E-state index is 12.4. The molecular weight excluding hydrogens is 366 g/mol. The van der Waals surface area contributed by atoms with Gasteiger partial charge < -0.3 is 19.5 Å². The molecule has 1 saturated heterocycles. The highest BCUT2D eigenvalue weighted by molar-refractivity contribution is 7.10. The zero-order valence-corrected chi connectivity index (χ0v) is 16.0. The molecule has 0 aliphatic carbocycles. The average molecular weight is 389 g/mol. The van der Waals surface area contributed by atoms with Gasteiger partial charge in [0, 0.05) is 28.8 Å². The molecule has 1 aromatic heterocycles. The van der Waals surface area contributed by atoms with Crippen LogP contribution < -0.4 is 4.74 Å². The topological polar surface area (TPSA) is 76.1 Å². The van der Waals surface area contributed by atoms with Crippen molar-refractivity contribution in [3.05, 3.63) is 52.2 Å². The molecule has 7 heteroatoms. The first-order valence-electron chi connectivity index (χ1n) is 8.83. The van der Waals surface area contributed by atoms with E-state index in [0.717, 1.165) is 16.2 Å². The first kappa shape index (κ1) is 19.2. The molecule has 0 atom stereocenters. The zero-order valence-electron chi connectivity index (χ0n) is 15.2. The molecule has 2 aromatic rings. The average Bonchev–Trinajstić information content (AvgIpc) is 3.17. The van der Waals surface area contributed by atoms with E-state index in [2.05, 4.69) is 0 Å². The zero-order chi connectivity index (χ0) is 19.3. The number of methoxy groups -OCH3 is 1. The number of hydrogen-bond donors (Lipinski definition) is 1. The number of nitrogens with zero attached hydrogens (tertiary/aromatic N) is 1. The smallest absolute Gasteiger partial charge is 0.410 e. The van der Waals surface area contributed by atoms with Gasteiger partial charge in [0.05, 0.1) is 13.5 Å². The summed E-state index contributed by atoms with van der Waals surface area (Å²) in [5.41, 5.74) is 0.470. The third-order valence-electron chi connectivity index (χ3n) is 5.01. The van der Waals surface area contributed by atoms with Crippen LogP contribution in [0, 0.1) is 0 Å². The Hall–Kier alpha value is -2.54. The fraction of sp³-hybridized carbons (Fsp3) is 0.400. The van der Waals surface area contributed by atoms with Gasteiger partial charge in [-0.2, -0.15) is 0 Å². The van der Waals surface area contributed by atoms with E-state index in [0.29, 0.717) is 25.9 Å². The van der Waals surface area contributed by atoms with Gasteiger partial charge in [-0.05, 0) is 24.5 Å². The quantitative estimate of drug-likeness (QED) is 0.811. The van der Waals surface area contributed by atoms with Gasteiger partial charge in [0.25, 0.3) is 0 Å². The number of carbonyl (C=O) groups is 2. The van der Waals surface area contributed by atoms with E-state index in [4.69, 9.17) is 9.47 Å². The van der Waals surface area contributed by atoms with Gasteiger partial charge in [-0.25, -0.2) is 4.79 Å². The highest BCUT2D eigenvalue weighted by Crippen LogP contribution is 2.43. The van der Waals surface area contributed by atoms with E-state index in [1.807, 2.05) is 41.8 Å².